The number of hydrogen-bond donors (Lipinski definition) is 2. The summed E-state index contributed by atoms with van der Waals surface area (Å²) >= 11 is 1.42. The van der Waals surface area contributed by atoms with Crippen LogP contribution in [-0.4, -0.2) is 36.2 Å². The van der Waals surface area contributed by atoms with E-state index in [2.05, 4.69) is 10.3 Å². The highest BCUT2D eigenvalue weighted by atomic mass is 32.2. The van der Waals surface area contributed by atoms with E-state index in [1.807, 2.05) is 36.4 Å². The molecule has 26 heavy (non-hydrogen) atoms. The molecule has 0 fully saturated rings. The fourth-order valence-electron chi connectivity index (χ4n) is 2.79. The van der Waals surface area contributed by atoms with Gasteiger partial charge in [0.25, 0.3) is 5.91 Å². The zero-order valence-electron chi connectivity index (χ0n) is 13.4. The minimum atomic E-state index is -3.27. The van der Waals surface area contributed by atoms with Crippen molar-refractivity contribution in [1.29, 1.82) is 0 Å². The van der Waals surface area contributed by atoms with E-state index >= 15 is 0 Å². The van der Waals surface area contributed by atoms with Crippen molar-refractivity contribution >= 4 is 37.3 Å². The molecule has 0 radical (unpaired) electrons. The second kappa shape index (κ2) is 6.22. The van der Waals surface area contributed by atoms with Gasteiger partial charge < -0.3 is 10.4 Å². The zero-order valence-corrected chi connectivity index (χ0v) is 15.0. The maximum absolute atomic E-state index is 12.4. The van der Waals surface area contributed by atoms with E-state index in [1.165, 1.54) is 17.4 Å². The van der Waals surface area contributed by atoms with Gasteiger partial charge in [0.05, 0.1) is 11.8 Å². The van der Waals surface area contributed by atoms with Crippen LogP contribution in [0.25, 0.3) is 20.7 Å². The number of rotatable bonds is 3. The first-order chi connectivity index (χ1) is 12.4. The molecule has 3 heterocycles. The van der Waals surface area contributed by atoms with E-state index in [-0.39, 0.29) is 17.2 Å². The summed E-state index contributed by atoms with van der Waals surface area (Å²) in [6.07, 6.45) is 1.42. The first kappa shape index (κ1) is 16.7. The molecule has 3 aromatic rings. The van der Waals surface area contributed by atoms with E-state index in [1.54, 1.807) is 6.07 Å². The number of pyridine rings is 1. The molecule has 2 aromatic heterocycles. The number of amides is 1. The SMILES string of the molecule is O=C(NC1C=CS(=O)(=O)C1)c1cc2cc(-c3ccccc3)sc2nc1O. The molecule has 1 unspecified atom stereocenters. The molecule has 1 aliphatic rings. The summed E-state index contributed by atoms with van der Waals surface area (Å²) in [5, 5.41) is 14.6. The predicted octanol–water partition coefficient (Wildman–Crippen LogP) is 2.71. The van der Waals surface area contributed by atoms with Gasteiger partial charge in [0.15, 0.2) is 9.84 Å². The van der Waals surface area contributed by atoms with Crippen LogP contribution in [0.1, 0.15) is 10.4 Å². The van der Waals surface area contributed by atoms with Crippen LogP contribution >= 0.6 is 11.3 Å². The van der Waals surface area contributed by atoms with Crippen LogP contribution in [-0.2, 0) is 9.84 Å². The van der Waals surface area contributed by atoms with Gasteiger partial charge in [-0.1, -0.05) is 30.3 Å². The zero-order chi connectivity index (χ0) is 18.3. The third-order valence-electron chi connectivity index (χ3n) is 4.04. The lowest BCUT2D eigenvalue weighted by molar-refractivity contribution is 0.0944. The summed E-state index contributed by atoms with van der Waals surface area (Å²) in [6.45, 7) is 0. The van der Waals surface area contributed by atoms with Crippen LogP contribution in [0.2, 0.25) is 0 Å². The van der Waals surface area contributed by atoms with Gasteiger partial charge in [-0.15, -0.1) is 11.3 Å². The first-order valence-corrected chi connectivity index (χ1v) is 10.4. The molecular formula is C18H14N2O4S2. The van der Waals surface area contributed by atoms with Crippen molar-refractivity contribution in [3.05, 3.63) is 59.5 Å². The van der Waals surface area contributed by atoms with Gasteiger partial charge in [-0.25, -0.2) is 13.4 Å². The smallest absolute Gasteiger partial charge is 0.257 e. The molecule has 6 nitrogen and oxygen atoms in total. The molecule has 0 saturated heterocycles. The molecule has 1 amide bonds. The van der Waals surface area contributed by atoms with E-state index in [4.69, 9.17) is 0 Å². The summed E-state index contributed by atoms with van der Waals surface area (Å²) in [4.78, 5) is 18.1. The monoisotopic (exact) mass is 386 g/mol. The Hall–Kier alpha value is -2.71. The lowest BCUT2D eigenvalue weighted by Crippen LogP contribution is -2.35. The minimum Gasteiger partial charge on any atom is -0.493 e. The summed E-state index contributed by atoms with van der Waals surface area (Å²) in [7, 11) is -3.27. The van der Waals surface area contributed by atoms with Gasteiger partial charge in [0, 0.05) is 15.7 Å². The normalized spacial score (nSPS) is 18.2. The number of hydrogen-bond acceptors (Lipinski definition) is 6. The number of benzene rings is 1. The largest absolute Gasteiger partial charge is 0.493 e. The van der Waals surface area contributed by atoms with E-state index in [0.717, 1.165) is 21.2 Å². The van der Waals surface area contributed by atoms with Crippen LogP contribution in [0, 0.1) is 0 Å². The van der Waals surface area contributed by atoms with Crippen molar-refractivity contribution in [3.8, 4) is 16.3 Å². The Balaban J connectivity index is 1.64. The van der Waals surface area contributed by atoms with Crippen LogP contribution in [0.5, 0.6) is 5.88 Å². The van der Waals surface area contributed by atoms with Crippen molar-refractivity contribution in [3.63, 3.8) is 0 Å². The summed E-state index contributed by atoms with van der Waals surface area (Å²) in [5.74, 6) is -1.11. The lowest BCUT2D eigenvalue weighted by Gasteiger charge is -2.10. The second-order valence-corrected chi connectivity index (χ2v) is 8.93. The average molecular weight is 386 g/mol. The fourth-order valence-corrected chi connectivity index (χ4v) is 5.04. The van der Waals surface area contributed by atoms with Gasteiger partial charge >= 0.3 is 0 Å². The number of aromatic hydroxyl groups is 1. The summed E-state index contributed by atoms with van der Waals surface area (Å²) in [6, 6.07) is 12.6. The summed E-state index contributed by atoms with van der Waals surface area (Å²) in [5.41, 5.74) is 1.05. The van der Waals surface area contributed by atoms with Crippen LogP contribution < -0.4 is 5.32 Å². The molecule has 2 N–H and O–H groups in total. The maximum Gasteiger partial charge on any atom is 0.257 e. The number of carbonyl (C=O) groups is 1. The van der Waals surface area contributed by atoms with Gasteiger partial charge in [-0.2, -0.15) is 0 Å². The first-order valence-electron chi connectivity index (χ1n) is 7.82. The topological polar surface area (TPSA) is 96.4 Å². The van der Waals surface area contributed by atoms with E-state index in [9.17, 15) is 18.3 Å². The third-order valence-corrected chi connectivity index (χ3v) is 6.53. The average Bonchev–Trinajstić information content (AvgIpc) is 3.17. The second-order valence-electron chi connectivity index (χ2n) is 5.97. The lowest BCUT2D eigenvalue weighted by atomic mass is 10.1. The Morgan fingerprint density at radius 2 is 2.00 bits per heavy atom. The van der Waals surface area contributed by atoms with E-state index < -0.39 is 21.8 Å². The maximum atomic E-state index is 12.4. The molecule has 0 aliphatic carbocycles. The quantitative estimate of drug-likeness (QED) is 0.721. The highest BCUT2D eigenvalue weighted by molar-refractivity contribution is 7.94. The standard InChI is InChI=1S/C18H14N2O4S2/c21-16(19-13-6-7-26(23,24)10-13)14-8-12-9-15(11-4-2-1-3-5-11)25-18(12)20-17(14)22/h1-9,13H,10H2,(H,19,21)(H,20,22). The van der Waals surface area contributed by atoms with Gasteiger partial charge in [-0.05, 0) is 23.8 Å². The Bertz CT molecular complexity index is 1130. The fraction of sp³-hybridized carbons (Fsp3) is 0.111. The number of fused-ring (bicyclic) bond motifs is 1. The molecule has 8 heteroatoms. The Labute approximate surface area is 153 Å². The highest BCUT2D eigenvalue weighted by Crippen LogP contribution is 2.34. The van der Waals surface area contributed by atoms with Gasteiger partial charge in [0.2, 0.25) is 5.88 Å². The van der Waals surface area contributed by atoms with Crippen molar-refractivity contribution < 1.29 is 18.3 Å². The molecule has 1 atom stereocenters. The molecular weight excluding hydrogens is 372 g/mol. The molecule has 0 bridgehead atoms. The molecule has 1 aromatic carbocycles. The Morgan fingerprint density at radius 3 is 2.69 bits per heavy atom. The van der Waals surface area contributed by atoms with Crippen LogP contribution in [0.15, 0.2) is 53.9 Å². The Kier molecular flexibility index (Phi) is 4.01. The minimum absolute atomic E-state index is 0.0209. The number of carbonyl (C=O) groups excluding carboxylic acids is 1. The van der Waals surface area contributed by atoms with Crippen molar-refractivity contribution in [2.45, 2.75) is 6.04 Å². The molecule has 1 aliphatic heterocycles. The van der Waals surface area contributed by atoms with Gasteiger partial charge in [0.1, 0.15) is 10.4 Å². The number of thiophene rings is 1. The molecule has 0 spiro atoms. The number of aromatic nitrogens is 1. The van der Waals surface area contributed by atoms with E-state index in [0.29, 0.717) is 4.83 Å². The molecule has 4 rings (SSSR count). The predicted molar refractivity (Wildman–Crippen MR) is 101 cm³/mol. The number of nitrogens with one attached hydrogen (secondary N) is 1. The molecule has 132 valence electrons. The third kappa shape index (κ3) is 3.21. The van der Waals surface area contributed by atoms with Crippen molar-refractivity contribution in [1.82, 2.24) is 10.3 Å². The summed E-state index contributed by atoms with van der Waals surface area (Å²) < 4.78 is 22.9. The van der Waals surface area contributed by atoms with Crippen LogP contribution in [0.3, 0.4) is 0 Å². The van der Waals surface area contributed by atoms with Crippen LogP contribution in [0.4, 0.5) is 0 Å². The number of sulfone groups is 1. The van der Waals surface area contributed by atoms with Crippen molar-refractivity contribution in [2.75, 3.05) is 5.75 Å². The number of nitrogens with zero attached hydrogens (tertiary/aromatic N) is 1. The Morgan fingerprint density at radius 1 is 1.23 bits per heavy atom. The highest BCUT2D eigenvalue weighted by Gasteiger charge is 2.25. The van der Waals surface area contributed by atoms with Gasteiger partial charge in [-0.3, -0.25) is 4.79 Å². The van der Waals surface area contributed by atoms with Crippen molar-refractivity contribution in [2.24, 2.45) is 0 Å². The molecule has 0 saturated carbocycles.